The van der Waals surface area contributed by atoms with E-state index < -0.39 is 15.6 Å². The van der Waals surface area contributed by atoms with E-state index in [0.717, 1.165) is 0 Å². The minimum atomic E-state index is -5.39. The Morgan fingerprint density at radius 3 is 0.526 bits per heavy atom. The van der Waals surface area contributed by atoms with E-state index in [1.807, 2.05) is 0 Å². The minimum absolute atomic E-state index is 0. The van der Waals surface area contributed by atoms with Crippen molar-refractivity contribution in [1.29, 1.82) is 0 Å². The molecule has 0 rings (SSSR count). The zero-order valence-corrected chi connectivity index (χ0v) is 17.2. The quantitative estimate of drug-likeness (QED) is 0.209. The molecule has 0 aliphatic rings. The SMILES string of the molecule is O=P([O-])([O-])[O-].O=P([O-])([O-])[O-].[Fe].[Fe].[Fe].[H-].[H-].[H-].[Li+].[Li+].[Li+].[Ni+2].[Ni+2].[Ni+2]. The Hall–Kier alpha value is 5.05. The number of phosphoric acid groups is 2. The molecule has 19 heavy (non-hydrogen) atoms. The molecule has 0 radical (unpaired) electrons. The topological polar surface area (TPSA) is 172 Å². The Morgan fingerprint density at radius 1 is 0.526 bits per heavy atom. The molecule has 0 aromatic carbocycles. The van der Waals surface area contributed by atoms with Gasteiger partial charge in [0.15, 0.2) is 0 Å². The van der Waals surface area contributed by atoms with Gasteiger partial charge in [-0.05, 0) is 0 Å². The number of rotatable bonds is 0. The van der Waals surface area contributed by atoms with Gasteiger partial charge < -0.3 is 42.8 Å². The molecule has 0 aliphatic heterocycles. The second-order valence-electron chi connectivity index (χ2n) is 0.894. The monoisotopic (exact) mass is 556 g/mol. The summed E-state index contributed by atoms with van der Waals surface area (Å²) in [6, 6.07) is 0. The zero-order chi connectivity index (χ0) is 9.00. The van der Waals surface area contributed by atoms with Crippen molar-refractivity contribution in [3.63, 3.8) is 0 Å². The van der Waals surface area contributed by atoms with Crippen molar-refractivity contribution in [3.05, 3.63) is 0 Å². The average Bonchev–Trinajstić information content (AvgIpc) is 1.12. The van der Waals surface area contributed by atoms with Crippen LogP contribution >= 0.6 is 15.6 Å². The van der Waals surface area contributed by atoms with Crippen LogP contribution in [0.3, 0.4) is 0 Å². The molecular weight excluding hydrogens is 554 g/mol. The Bertz CT molecular complexity index is 165. The van der Waals surface area contributed by atoms with Crippen molar-refractivity contribution in [3.8, 4) is 0 Å². The molecule has 0 saturated carbocycles. The minimum Gasteiger partial charge on any atom is -1.00 e. The van der Waals surface area contributed by atoms with Gasteiger partial charge in [0, 0.05) is 51.2 Å². The maximum Gasteiger partial charge on any atom is 2.00 e. The predicted octanol–water partition coefficient (Wildman–Crippen LogP) is -14.3. The summed E-state index contributed by atoms with van der Waals surface area (Å²) in [5.74, 6) is 0. The summed E-state index contributed by atoms with van der Waals surface area (Å²) in [5.41, 5.74) is 0. The fourth-order valence-electron chi connectivity index (χ4n) is 0. The van der Waals surface area contributed by atoms with Crippen LogP contribution in [0.1, 0.15) is 4.28 Å². The van der Waals surface area contributed by atoms with Gasteiger partial charge in [0.2, 0.25) is 0 Å². The maximum absolute atomic E-state index is 8.55. The third-order valence-electron chi connectivity index (χ3n) is 0. The van der Waals surface area contributed by atoms with Crippen LogP contribution in [-0.4, -0.2) is 0 Å². The molecule has 0 atom stereocenters. The third-order valence-corrected chi connectivity index (χ3v) is 0. The fraction of sp³-hybridized carbons (Fsp3) is 0. The smallest absolute Gasteiger partial charge is 1.00 e. The second-order valence-corrected chi connectivity index (χ2v) is 2.68. The molecule has 0 aromatic rings. The Balaban J connectivity index is -0.00000000314. The van der Waals surface area contributed by atoms with Gasteiger partial charge in [-0.15, -0.1) is 0 Å². The van der Waals surface area contributed by atoms with Gasteiger partial charge in [-0.2, -0.15) is 15.6 Å². The molecular formula is H3Fe3Li3Ni3O8P2. The Kier molecular flexibility index (Phi) is 152. The van der Waals surface area contributed by atoms with Gasteiger partial charge >= 0.3 is 106 Å². The predicted molar refractivity (Wildman–Crippen MR) is 18.5 cm³/mol. The summed E-state index contributed by atoms with van der Waals surface area (Å²) in [6.07, 6.45) is 0. The van der Waals surface area contributed by atoms with Gasteiger partial charge in [-0.25, -0.2) is 0 Å². The first-order valence-electron chi connectivity index (χ1n) is 1.46. The van der Waals surface area contributed by atoms with Gasteiger partial charge in [0.25, 0.3) is 0 Å². The van der Waals surface area contributed by atoms with Crippen LogP contribution in [0.5, 0.6) is 0 Å². The molecule has 118 valence electrons. The van der Waals surface area contributed by atoms with Gasteiger partial charge in [-0.1, -0.05) is 0 Å². The summed E-state index contributed by atoms with van der Waals surface area (Å²) >= 11 is 0. The van der Waals surface area contributed by atoms with E-state index >= 15 is 0 Å². The van der Waals surface area contributed by atoms with Crippen LogP contribution in [0.25, 0.3) is 0 Å². The average molecular weight is 557 g/mol. The Labute approximate surface area is 213 Å². The van der Waals surface area contributed by atoms with Crippen LogP contribution in [0.2, 0.25) is 0 Å². The molecule has 0 heterocycles. The molecule has 0 unspecified atom stereocenters. The van der Waals surface area contributed by atoms with E-state index in [4.69, 9.17) is 38.5 Å². The Morgan fingerprint density at radius 2 is 0.526 bits per heavy atom. The normalized spacial score (nSPS) is 6.21. The molecule has 0 saturated heterocycles. The van der Waals surface area contributed by atoms with Crippen LogP contribution in [-0.2, 0) is 110 Å². The van der Waals surface area contributed by atoms with Crippen molar-refractivity contribution in [2.24, 2.45) is 0 Å². The summed E-state index contributed by atoms with van der Waals surface area (Å²) in [6.45, 7) is 0. The van der Waals surface area contributed by atoms with Crippen molar-refractivity contribution in [1.82, 2.24) is 0 Å². The number of hydrogen-bond acceptors (Lipinski definition) is 8. The van der Waals surface area contributed by atoms with Gasteiger partial charge in [-0.3, -0.25) is 0 Å². The molecule has 0 N–H and O–H groups in total. The van der Waals surface area contributed by atoms with Crippen molar-refractivity contribution in [2.45, 2.75) is 0 Å². The molecule has 0 spiro atoms. The van der Waals surface area contributed by atoms with E-state index in [1.54, 1.807) is 0 Å². The van der Waals surface area contributed by atoms with E-state index in [0.29, 0.717) is 0 Å². The fourth-order valence-corrected chi connectivity index (χ4v) is 0. The molecule has 19 heteroatoms. The van der Waals surface area contributed by atoms with Crippen LogP contribution < -0.4 is 85.9 Å². The summed E-state index contributed by atoms with van der Waals surface area (Å²) in [5, 5.41) is 0. The molecule has 8 nitrogen and oxygen atoms in total. The van der Waals surface area contributed by atoms with Crippen molar-refractivity contribution >= 4 is 15.6 Å². The first-order valence-corrected chi connectivity index (χ1v) is 4.38. The first kappa shape index (κ1) is 75.0. The maximum atomic E-state index is 8.55. The van der Waals surface area contributed by atoms with Crippen LogP contribution in [0, 0.1) is 0 Å². The third kappa shape index (κ3) is 400. The van der Waals surface area contributed by atoms with Gasteiger partial charge in [0.1, 0.15) is 0 Å². The van der Waals surface area contributed by atoms with E-state index in [2.05, 4.69) is 0 Å². The molecule has 0 fully saturated rings. The summed E-state index contributed by atoms with van der Waals surface area (Å²) in [4.78, 5) is 51.3. The summed E-state index contributed by atoms with van der Waals surface area (Å²) < 4.78 is 17.1. The van der Waals surface area contributed by atoms with Crippen LogP contribution in [0.4, 0.5) is 0 Å². The molecule has 0 bridgehead atoms. The van der Waals surface area contributed by atoms with Crippen molar-refractivity contribution in [2.75, 3.05) is 0 Å². The van der Waals surface area contributed by atoms with E-state index in [1.165, 1.54) is 0 Å². The summed E-state index contributed by atoms with van der Waals surface area (Å²) in [7, 11) is -10.8. The largest absolute Gasteiger partial charge is 2.00 e. The first-order chi connectivity index (χ1) is 4.00. The number of hydrogen-bond donors (Lipinski definition) is 0. The van der Waals surface area contributed by atoms with E-state index in [9.17, 15) is 0 Å². The standard InChI is InChI=1S/3Fe.3Li.3Ni.2H3O4P.3H/c;;;;;;;;;2*1-5(2,3)4;;;/h;;;;;;;;;2*(H3,1,2,3,4);;;/q;;;3*+1;3*+2;;;3*-1/p-6. The van der Waals surface area contributed by atoms with Crippen LogP contribution in [0.15, 0.2) is 0 Å². The second kappa shape index (κ2) is 38.6. The molecule has 0 aliphatic carbocycles. The molecule has 0 aromatic heterocycles. The van der Waals surface area contributed by atoms with Gasteiger partial charge in [0.05, 0.1) is 0 Å². The van der Waals surface area contributed by atoms with E-state index in [-0.39, 0.29) is 162 Å². The zero-order valence-electron chi connectivity index (χ0n) is 12.2. The van der Waals surface area contributed by atoms with Crippen molar-refractivity contribution < 1.29 is 200 Å². The molecule has 0 amide bonds.